The Labute approximate surface area is 104 Å². The molecule has 5 nitrogen and oxygen atoms in total. The van der Waals surface area contributed by atoms with E-state index < -0.39 is 18.1 Å². The van der Waals surface area contributed by atoms with Crippen LogP contribution >= 0.6 is 11.3 Å². The van der Waals surface area contributed by atoms with Gasteiger partial charge in [-0.1, -0.05) is 0 Å². The zero-order chi connectivity index (χ0) is 13.8. The predicted octanol–water partition coefficient (Wildman–Crippen LogP) is 1.75. The number of carbonyl (C=O) groups excluding carboxylic acids is 2. The number of halogens is 3. The Hall–Kier alpha value is -1.64. The van der Waals surface area contributed by atoms with Crippen LogP contribution < -0.4 is 5.32 Å². The van der Waals surface area contributed by atoms with Gasteiger partial charge in [0.1, 0.15) is 0 Å². The summed E-state index contributed by atoms with van der Waals surface area (Å²) in [6, 6.07) is 0. The highest BCUT2D eigenvalue weighted by Gasteiger charge is 2.39. The lowest BCUT2D eigenvalue weighted by molar-refractivity contribution is -0.167. The van der Waals surface area contributed by atoms with E-state index in [1.165, 1.54) is 5.38 Å². The second kappa shape index (κ2) is 5.80. The molecule has 9 heteroatoms. The van der Waals surface area contributed by atoms with Gasteiger partial charge in [-0.2, -0.15) is 13.2 Å². The van der Waals surface area contributed by atoms with Crippen LogP contribution in [0.3, 0.4) is 0 Å². The van der Waals surface area contributed by atoms with Crippen molar-refractivity contribution in [2.45, 2.75) is 19.5 Å². The maximum absolute atomic E-state index is 11.9. The van der Waals surface area contributed by atoms with Crippen molar-refractivity contribution in [3.05, 3.63) is 11.1 Å². The average Bonchev–Trinajstić information content (AvgIpc) is 2.64. The summed E-state index contributed by atoms with van der Waals surface area (Å²) in [5.41, 5.74) is 0.246. The highest BCUT2D eigenvalue weighted by Crippen LogP contribution is 2.21. The number of carbonyl (C=O) groups is 2. The van der Waals surface area contributed by atoms with Crippen LogP contribution in [0.1, 0.15) is 12.6 Å². The zero-order valence-corrected chi connectivity index (χ0v) is 10.0. The van der Waals surface area contributed by atoms with Crippen molar-refractivity contribution < 1.29 is 27.5 Å². The largest absolute Gasteiger partial charge is 0.471 e. The summed E-state index contributed by atoms with van der Waals surface area (Å²) >= 11 is 0.803. The minimum Gasteiger partial charge on any atom is -0.466 e. The molecule has 0 aliphatic heterocycles. The summed E-state index contributed by atoms with van der Waals surface area (Å²) in [4.78, 5) is 25.4. The molecule has 1 aromatic heterocycles. The van der Waals surface area contributed by atoms with Gasteiger partial charge in [-0.05, 0) is 6.92 Å². The number of alkyl halides is 3. The molecule has 0 saturated carbocycles. The molecule has 0 aromatic carbocycles. The van der Waals surface area contributed by atoms with Gasteiger partial charge in [0.15, 0.2) is 5.13 Å². The Balaban J connectivity index is 2.59. The van der Waals surface area contributed by atoms with E-state index in [4.69, 9.17) is 0 Å². The summed E-state index contributed by atoms with van der Waals surface area (Å²) in [5, 5.41) is 2.77. The molecule has 1 rings (SSSR count). The van der Waals surface area contributed by atoms with Crippen LogP contribution in [0.5, 0.6) is 0 Å². The third-order valence-corrected chi connectivity index (χ3v) is 2.47. The lowest BCUT2D eigenvalue weighted by Crippen LogP contribution is -2.29. The molecule has 100 valence electrons. The first-order valence-corrected chi connectivity index (χ1v) is 5.69. The Kier molecular flexibility index (Phi) is 4.65. The van der Waals surface area contributed by atoms with Gasteiger partial charge < -0.3 is 4.74 Å². The van der Waals surface area contributed by atoms with Gasteiger partial charge in [-0.25, -0.2) is 4.98 Å². The maximum atomic E-state index is 11.9. The van der Waals surface area contributed by atoms with Gasteiger partial charge in [0.05, 0.1) is 18.7 Å². The fourth-order valence-corrected chi connectivity index (χ4v) is 1.68. The second-order valence-electron chi connectivity index (χ2n) is 3.08. The van der Waals surface area contributed by atoms with E-state index in [2.05, 4.69) is 9.72 Å². The third kappa shape index (κ3) is 4.32. The Morgan fingerprint density at radius 3 is 2.72 bits per heavy atom. The van der Waals surface area contributed by atoms with Gasteiger partial charge in [-0.15, -0.1) is 11.3 Å². The van der Waals surface area contributed by atoms with Crippen molar-refractivity contribution >= 4 is 28.3 Å². The van der Waals surface area contributed by atoms with Crippen LogP contribution in [0.15, 0.2) is 5.38 Å². The summed E-state index contributed by atoms with van der Waals surface area (Å²) in [5.74, 6) is -2.63. The molecular formula is C9H9F3N2O3S. The van der Waals surface area contributed by atoms with Crippen molar-refractivity contribution in [2.75, 3.05) is 11.9 Å². The molecule has 0 spiro atoms. The molecule has 0 saturated heterocycles. The molecule has 1 amide bonds. The van der Waals surface area contributed by atoms with Gasteiger partial charge in [0, 0.05) is 5.38 Å². The average molecular weight is 282 g/mol. The molecule has 0 aliphatic carbocycles. The van der Waals surface area contributed by atoms with E-state index in [9.17, 15) is 22.8 Å². The molecule has 0 atom stereocenters. The topological polar surface area (TPSA) is 68.3 Å². The number of thiazole rings is 1. The van der Waals surface area contributed by atoms with Crippen molar-refractivity contribution in [3.63, 3.8) is 0 Å². The Bertz CT molecular complexity index is 445. The number of rotatable bonds is 4. The number of ether oxygens (including phenoxy) is 1. The summed E-state index contributed by atoms with van der Waals surface area (Å²) in [6.07, 6.45) is -5.11. The molecular weight excluding hydrogens is 273 g/mol. The molecule has 1 N–H and O–H groups in total. The number of amides is 1. The normalized spacial score (nSPS) is 11.1. The smallest absolute Gasteiger partial charge is 0.466 e. The van der Waals surface area contributed by atoms with Gasteiger partial charge >= 0.3 is 18.1 Å². The molecule has 0 aliphatic rings. The first-order chi connectivity index (χ1) is 8.32. The predicted molar refractivity (Wildman–Crippen MR) is 57.1 cm³/mol. The van der Waals surface area contributed by atoms with Crippen LogP contribution in [-0.4, -0.2) is 29.6 Å². The van der Waals surface area contributed by atoms with E-state index in [-0.39, 0.29) is 23.9 Å². The van der Waals surface area contributed by atoms with E-state index in [0.717, 1.165) is 11.3 Å². The summed E-state index contributed by atoms with van der Waals surface area (Å²) < 4.78 is 40.5. The fraction of sp³-hybridized carbons (Fsp3) is 0.444. The fourth-order valence-electron chi connectivity index (χ4n) is 0.973. The molecule has 1 heterocycles. The first kappa shape index (κ1) is 14.4. The molecule has 0 bridgehead atoms. The standard InChI is InChI=1S/C9H9F3N2O3S/c1-2-17-6(15)3-5-4-18-8(13-5)14-7(16)9(10,11)12/h4H,2-3H2,1H3,(H,13,14,16). The number of nitrogens with zero attached hydrogens (tertiary/aromatic N) is 1. The lowest BCUT2D eigenvalue weighted by atomic mass is 10.3. The second-order valence-corrected chi connectivity index (χ2v) is 3.94. The number of esters is 1. The highest BCUT2D eigenvalue weighted by atomic mass is 32.1. The van der Waals surface area contributed by atoms with E-state index in [0.29, 0.717) is 0 Å². The SMILES string of the molecule is CCOC(=O)Cc1csc(NC(=O)C(F)(F)F)n1. The Morgan fingerprint density at radius 1 is 1.50 bits per heavy atom. The number of nitrogens with one attached hydrogen (secondary N) is 1. The third-order valence-electron chi connectivity index (χ3n) is 1.66. The first-order valence-electron chi connectivity index (χ1n) is 4.81. The number of aromatic nitrogens is 1. The van der Waals surface area contributed by atoms with Crippen LogP contribution in [-0.2, 0) is 20.7 Å². The monoisotopic (exact) mass is 282 g/mol. The summed E-state index contributed by atoms with van der Waals surface area (Å²) in [7, 11) is 0. The minimum absolute atomic E-state index is 0.147. The highest BCUT2D eigenvalue weighted by molar-refractivity contribution is 7.13. The van der Waals surface area contributed by atoms with Crippen LogP contribution in [0.2, 0.25) is 0 Å². The van der Waals surface area contributed by atoms with Crippen LogP contribution in [0, 0.1) is 0 Å². The van der Waals surface area contributed by atoms with E-state index >= 15 is 0 Å². The number of hydrogen-bond donors (Lipinski definition) is 1. The number of anilines is 1. The Morgan fingerprint density at radius 2 is 2.17 bits per heavy atom. The van der Waals surface area contributed by atoms with Crippen molar-refractivity contribution in [3.8, 4) is 0 Å². The lowest BCUT2D eigenvalue weighted by Gasteiger charge is -2.04. The zero-order valence-electron chi connectivity index (χ0n) is 9.21. The van der Waals surface area contributed by atoms with Gasteiger partial charge in [0.2, 0.25) is 0 Å². The molecule has 18 heavy (non-hydrogen) atoms. The van der Waals surface area contributed by atoms with Crippen LogP contribution in [0.4, 0.5) is 18.3 Å². The summed E-state index contributed by atoms with van der Waals surface area (Å²) in [6.45, 7) is 1.84. The van der Waals surface area contributed by atoms with E-state index in [1.807, 2.05) is 0 Å². The molecule has 0 fully saturated rings. The van der Waals surface area contributed by atoms with E-state index in [1.54, 1.807) is 12.2 Å². The van der Waals surface area contributed by atoms with Crippen LogP contribution in [0.25, 0.3) is 0 Å². The maximum Gasteiger partial charge on any atom is 0.471 e. The molecule has 1 aromatic rings. The minimum atomic E-state index is -4.97. The van der Waals surface area contributed by atoms with Crippen molar-refractivity contribution in [1.82, 2.24) is 4.98 Å². The quantitative estimate of drug-likeness (QED) is 0.854. The van der Waals surface area contributed by atoms with Gasteiger partial charge in [-0.3, -0.25) is 14.9 Å². The molecule has 0 radical (unpaired) electrons. The van der Waals surface area contributed by atoms with Crippen molar-refractivity contribution in [2.24, 2.45) is 0 Å². The van der Waals surface area contributed by atoms with Gasteiger partial charge in [0.25, 0.3) is 0 Å². The van der Waals surface area contributed by atoms with Crippen molar-refractivity contribution in [1.29, 1.82) is 0 Å². The number of hydrogen-bond acceptors (Lipinski definition) is 5. The molecule has 0 unspecified atom stereocenters.